The number of hydrogen-bond acceptors (Lipinski definition) is 7. The number of halogens is 1. The van der Waals surface area contributed by atoms with Crippen LogP contribution in [0.3, 0.4) is 0 Å². The summed E-state index contributed by atoms with van der Waals surface area (Å²) >= 11 is 6.01. The standard InChI is InChI=1S/C23H23ClN4O4/c1-5-31-21(29)16-10-15(11-25-12-16)19-13-26-14-20(27-19)28(22(30)32-23(2,3)4)18-8-6-17(24)7-9-18/h6-14H,5H2,1-4H3. The molecule has 0 spiro atoms. The monoisotopic (exact) mass is 454 g/mol. The van der Waals surface area contributed by atoms with Crippen LogP contribution in [-0.4, -0.2) is 39.2 Å². The van der Waals surface area contributed by atoms with Gasteiger partial charge in [-0.3, -0.25) is 9.97 Å². The number of ether oxygens (including phenoxy) is 2. The van der Waals surface area contributed by atoms with Crippen LogP contribution < -0.4 is 4.90 Å². The van der Waals surface area contributed by atoms with Gasteiger partial charge >= 0.3 is 12.1 Å². The molecule has 0 radical (unpaired) electrons. The van der Waals surface area contributed by atoms with Gasteiger partial charge in [0, 0.05) is 23.0 Å². The molecule has 0 aliphatic rings. The zero-order chi connectivity index (χ0) is 23.3. The lowest BCUT2D eigenvalue weighted by Gasteiger charge is -2.27. The fraction of sp³-hybridized carbons (Fsp3) is 0.261. The highest BCUT2D eigenvalue weighted by Crippen LogP contribution is 2.29. The Hall–Kier alpha value is -3.52. The molecule has 0 saturated heterocycles. The van der Waals surface area contributed by atoms with Gasteiger partial charge in [0.2, 0.25) is 0 Å². The Morgan fingerprint density at radius 1 is 1.03 bits per heavy atom. The molecule has 2 aromatic heterocycles. The summed E-state index contributed by atoms with van der Waals surface area (Å²) in [5.74, 6) is -0.247. The average molecular weight is 455 g/mol. The van der Waals surface area contributed by atoms with E-state index in [2.05, 4.69) is 15.0 Å². The number of amides is 1. The summed E-state index contributed by atoms with van der Waals surface area (Å²) < 4.78 is 10.6. The number of rotatable bonds is 5. The second-order valence-corrected chi connectivity index (χ2v) is 8.17. The molecule has 2 heterocycles. The van der Waals surface area contributed by atoms with Crippen LogP contribution in [0.25, 0.3) is 11.3 Å². The molecule has 0 aliphatic heterocycles. The molecule has 0 unspecified atom stereocenters. The van der Waals surface area contributed by atoms with E-state index in [1.807, 2.05) is 0 Å². The third-order valence-electron chi connectivity index (χ3n) is 4.06. The van der Waals surface area contributed by atoms with E-state index in [1.165, 1.54) is 23.5 Å². The summed E-state index contributed by atoms with van der Waals surface area (Å²) in [7, 11) is 0. The van der Waals surface area contributed by atoms with Crippen LogP contribution in [0.4, 0.5) is 16.3 Å². The van der Waals surface area contributed by atoms with Crippen molar-refractivity contribution < 1.29 is 19.1 Å². The average Bonchev–Trinajstić information content (AvgIpc) is 2.74. The normalized spacial score (nSPS) is 11.0. The zero-order valence-electron chi connectivity index (χ0n) is 18.2. The quantitative estimate of drug-likeness (QED) is 0.473. The van der Waals surface area contributed by atoms with Crippen LogP contribution in [-0.2, 0) is 9.47 Å². The maximum absolute atomic E-state index is 13.0. The van der Waals surface area contributed by atoms with E-state index >= 15 is 0 Å². The van der Waals surface area contributed by atoms with Crippen LogP contribution in [0.15, 0.2) is 55.1 Å². The maximum Gasteiger partial charge on any atom is 0.420 e. The topological polar surface area (TPSA) is 94.5 Å². The number of carbonyl (C=O) groups is 2. The highest BCUT2D eigenvalue weighted by molar-refractivity contribution is 6.30. The molecule has 0 bridgehead atoms. The molecule has 9 heteroatoms. The van der Waals surface area contributed by atoms with Gasteiger partial charge in [-0.15, -0.1) is 0 Å². The molecular weight excluding hydrogens is 432 g/mol. The number of anilines is 2. The van der Waals surface area contributed by atoms with Gasteiger partial charge in [-0.25, -0.2) is 19.5 Å². The lowest BCUT2D eigenvalue weighted by Crippen LogP contribution is -2.34. The van der Waals surface area contributed by atoms with E-state index in [9.17, 15) is 9.59 Å². The Morgan fingerprint density at radius 2 is 1.72 bits per heavy atom. The first-order chi connectivity index (χ1) is 15.2. The Bertz CT molecular complexity index is 1110. The third kappa shape index (κ3) is 5.79. The van der Waals surface area contributed by atoms with E-state index in [-0.39, 0.29) is 12.4 Å². The molecule has 166 valence electrons. The van der Waals surface area contributed by atoms with Gasteiger partial charge < -0.3 is 9.47 Å². The van der Waals surface area contributed by atoms with Crippen LogP contribution in [0, 0.1) is 0 Å². The fourth-order valence-corrected chi connectivity index (χ4v) is 2.86. The summed E-state index contributed by atoms with van der Waals surface area (Å²) in [6.07, 6.45) is 5.32. The largest absolute Gasteiger partial charge is 0.462 e. The minimum atomic E-state index is -0.718. The molecule has 0 N–H and O–H groups in total. The highest BCUT2D eigenvalue weighted by Gasteiger charge is 2.26. The maximum atomic E-state index is 13.0. The molecule has 1 amide bonds. The second kappa shape index (κ2) is 9.74. The Kier molecular flexibility index (Phi) is 7.05. The van der Waals surface area contributed by atoms with E-state index in [1.54, 1.807) is 64.2 Å². The number of benzene rings is 1. The summed E-state index contributed by atoms with van der Waals surface area (Å²) in [6, 6.07) is 8.31. The highest BCUT2D eigenvalue weighted by atomic mass is 35.5. The van der Waals surface area contributed by atoms with Crippen molar-refractivity contribution in [1.82, 2.24) is 15.0 Å². The molecule has 0 aliphatic carbocycles. The van der Waals surface area contributed by atoms with Gasteiger partial charge in [0.1, 0.15) is 5.60 Å². The van der Waals surface area contributed by atoms with E-state index in [4.69, 9.17) is 21.1 Å². The molecule has 0 atom stereocenters. The van der Waals surface area contributed by atoms with Crippen LogP contribution in [0.2, 0.25) is 5.02 Å². The number of esters is 1. The molecule has 0 fully saturated rings. The Balaban J connectivity index is 2.03. The molecule has 3 aromatic rings. The van der Waals surface area contributed by atoms with Crippen molar-refractivity contribution in [3.63, 3.8) is 0 Å². The predicted octanol–water partition coefficient (Wildman–Crippen LogP) is 5.44. The number of aromatic nitrogens is 3. The SMILES string of the molecule is CCOC(=O)c1cncc(-c2cncc(N(C(=O)OC(C)(C)C)c3ccc(Cl)cc3)n2)c1. The number of nitrogens with zero attached hydrogens (tertiary/aromatic N) is 4. The third-order valence-corrected chi connectivity index (χ3v) is 4.31. The molecule has 3 rings (SSSR count). The van der Waals surface area contributed by atoms with Gasteiger partial charge in [0.05, 0.1) is 35.9 Å². The lowest BCUT2D eigenvalue weighted by atomic mass is 10.1. The van der Waals surface area contributed by atoms with Crippen LogP contribution in [0.1, 0.15) is 38.1 Å². The van der Waals surface area contributed by atoms with Gasteiger partial charge in [0.15, 0.2) is 5.82 Å². The minimum absolute atomic E-state index is 0.237. The summed E-state index contributed by atoms with van der Waals surface area (Å²) in [5, 5.41) is 0.527. The number of pyridine rings is 1. The van der Waals surface area contributed by atoms with Crippen molar-refractivity contribution in [2.75, 3.05) is 11.5 Å². The van der Waals surface area contributed by atoms with Crippen molar-refractivity contribution >= 4 is 35.2 Å². The first-order valence-corrected chi connectivity index (χ1v) is 10.3. The van der Waals surface area contributed by atoms with E-state index in [0.717, 1.165) is 0 Å². The van der Waals surface area contributed by atoms with Gasteiger partial charge in [0.25, 0.3) is 0 Å². The summed E-state index contributed by atoms with van der Waals surface area (Å²) in [4.78, 5) is 39.3. The van der Waals surface area contributed by atoms with Crippen LogP contribution >= 0.6 is 11.6 Å². The van der Waals surface area contributed by atoms with E-state index < -0.39 is 17.7 Å². The predicted molar refractivity (Wildman–Crippen MR) is 121 cm³/mol. The number of hydrogen-bond donors (Lipinski definition) is 0. The number of carbonyl (C=O) groups excluding carboxylic acids is 2. The molecule has 1 aromatic carbocycles. The van der Waals surface area contributed by atoms with Crippen molar-refractivity contribution in [3.05, 3.63) is 65.7 Å². The fourth-order valence-electron chi connectivity index (χ4n) is 2.74. The summed E-state index contributed by atoms with van der Waals surface area (Å²) in [5.41, 5.74) is 1.05. The lowest BCUT2D eigenvalue weighted by molar-refractivity contribution is 0.0524. The van der Waals surface area contributed by atoms with E-state index in [0.29, 0.717) is 27.5 Å². The molecule has 32 heavy (non-hydrogen) atoms. The van der Waals surface area contributed by atoms with Crippen molar-refractivity contribution in [1.29, 1.82) is 0 Å². The first kappa shape index (κ1) is 23.1. The Morgan fingerprint density at radius 3 is 2.38 bits per heavy atom. The van der Waals surface area contributed by atoms with Gasteiger partial charge in [-0.1, -0.05) is 11.6 Å². The minimum Gasteiger partial charge on any atom is -0.462 e. The van der Waals surface area contributed by atoms with Crippen molar-refractivity contribution in [2.24, 2.45) is 0 Å². The van der Waals surface area contributed by atoms with Crippen molar-refractivity contribution in [2.45, 2.75) is 33.3 Å². The smallest absolute Gasteiger partial charge is 0.420 e. The summed E-state index contributed by atoms with van der Waals surface area (Å²) in [6.45, 7) is 7.31. The molecule has 8 nitrogen and oxygen atoms in total. The van der Waals surface area contributed by atoms with Gasteiger partial charge in [-0.05, 0) is 58.0 Å². The zero-order valence-corrected chi connectivity index (χ0v) is 19.0. The first-order valence-electron chi connectivity index (χ1n) is 9.91. The van der Waals surface area contributed by atoms with Gasteiger partial charge in [-0.2, -0.15) is 0 Å². The molecule has 0 saturated carbocycles. The second-order valence-electron chi connectivity index (χ2n) is 7.74. The van der Waals surface area contributed by atoms with Crippen molar-refractivity contribution in [3.8, 4) is 11.3 Å². The van der Waals surface area contributed by atoms with Crippen LogP contribution in [0.5, 0.6) is 0 Å². The Labute approximate surface area is 191 Å². The molecular formula is C23H23ClN4O4.